The number of rotatable bonds is 8. The first kappa shape index (κ1) is 20.4. The van der Waals surface area contributed by atoms with Crippen LogP contribution < -0.4 is 10.1 Å². The van der Waals surface area contributed by atoms with Crippen LogP contribution in [-0.2, 0) is 30.6 Å². The zero-order valence-electron chi connectivity index (χ0n) is 15.1. The average Bonchev–Trinajstić information content (AvgIpc) is 2.64. The lowest BCUT2D eigenvalue weighted by atomic mass is 10.1. The molecule has 0 heterocycles. The molecule has 1 N–H and O–H groups in total. The lowest BCUT2D eigenvalue weighted by molar-refractivity contribution is -0.147. The van der Waals surface area contributed by atoms with Gasteiger partial charge in [0.1, 0.15) is 5.75 Å². The van der Waals surface area contributed by atoms with Crippen LogP contribution in [-0.4, -0.2) is 40.3 Å². The maximum absolute atomic E-state index is 12.0. The molecule has 0 radical (unpaired) electrons. The maximum atomic E-state index is 12.0. The van der Waals surface area contributed by atoms with Crippen molar-refractivity contribution in [3.63, 3.8) is 0 Å². The number of para-hydroxylation sites is 2. The van der Waals surface area contributed by atoms with Crippen molar-refractivity contribution >= 4 is 27.4 Å². The van der Waals surface area contributed by atoms with Gasteiger partial charge in [0, 0.05) is 12.7 Å². The third-order valence-corrected chi connectivity index (χ3v) is 4.87. The van der Waals surface area contributed by atoms with E-state index in [0.29, 0.717) is 12.2 Å². The van der Waals surface area contributed by atoms with E-state index in [2.05, 4.69) is 5.32 Å². The minimum atomic E-state index is -3.49. The molecular weight excluding hydrogens is 370 g/mol. The first-order valence-corrected chi connectivity index (χ1v) is 10.1. The van der Waals surface area contributed by atoms with Crippen LogP contribution in [0.1, 0.15) is 12.0 Å². The Balaban J connectivity index is 1.86. The highest BCUT2D eigenvalue weighted by molar-refractivity contribution is 7.90. The van der Waals surface area contributed by atoms with Crippen LogP contribution in [0.3, 0.4) is 0 Å². The molecule has 0 unspecified atom stereocenters. The van der Waals surface area contributed by atoms with Crippen molar-refractivity contribution in [3.8, 4) is 5.75 Å². The number of anilines is 1. The molecule has 27 heavy (non-hydrogen) atoms. The molecule has 0 aliphatic carbocycles. The molecule has 2 aromatic rings. The Morgan fingerprint density at radius 1 is 1.04 bits per heavy atom. The van der Waals surface area contributed by atoms with Crippen molar-refractivity contribution in [1.82, 2.24) is 0 Å². The van der Waals surface area contributed by atoms with E-state index < -0.39 is 28.3 Å². The number of ether oxygens (including phenoxy) is 2. The molecular formula is C19H21NO6S. The molecule has 1 amide bonds. The van der Waals surface area contributed by atoms with Crippen LogP contribution in [0.2, 0.25) is 0 Å². The molecule has 0 saturated carbocycles. The molecule has 0 aromatic heterocycles. The van der Waals surface area contributed by atoms with Gasteiger partial charge in [0.25, 0.3) is 5.91 Å². The first-order valence-electron chi connectivity index (χ1n) is 8.17. The topological polar surface area (TPSA) is 98.8 Å². The van der Waals surface area contributed by atoms with E-state index in [-0.39, 0.29) is 17.0 Å². The fourth-order valence-electron chi connectivity index (χ4n) is 2.44. The third kappa shape index (κ3) is 6.10. The van der Waals surface area contributed by atoms with Crippen LogP contribution in [0.15, 0.2) is 53.4 Å². The molecule has 0 spiro atoms. The van der Waals surface area contributed by atoms with E-state index in [1.807, 2.05) is 18.2 Å². The normalized spacial score (nSPS) is 10.9. The number of amides is 1. The second-order valence-corrected chi connectivity index (χ2v) is 7.77. The highest BCUT2D eigenvalue weighted by Gasteiger charge is 2.15. The summed E-state index contributed by atoms with van der Waals surface area (Å²) in [4.78, 5) is 23.8. The number of aryl methyl sites for hydroxylation is 1. The predicted octanol–water partition coefficient (Wildman–Crippen LogP) is 2.21. The van der Waals surface area contributed by atoms with E-state index in [1.165, 1.54) is 12.1 Å². The van der Waals surface area contributed by atoms with Gasteiger partial charge in [0.15, 0.2) is 16.4 Å². The van der Waals surface area contributed by atoms with Crippen LogP contribution in [0.4, 0.5) is 5.69 Å². The zero-order chi connectivity index (χ0) is 19.9. The molecule has 8 heteroatoms. The Labute approximate surface area is 158 Å². The van der Waals surface area contributed by atoms with Gasteiger partial charge in [-0.25, -0.2) is 8.42 Å². The summed E-state index contributed by atoms with van der Waals surface area (Å²) >= 11 is 0. The zero-order valence-corrected chi connectivity index (χ0v) is 15.9. The molecule has 144 valence electrons. The van der Waals surface area contributed by atoms with E-state index in [4.69, 9.17) is 9.47 Å². The standard InChI is InChI=1S/C19H21NO6S/c1-25-16-9-5-3-7-14(16)11-12-19(22)26-13-18(21)20-15-8-4-6-10-17(15)27(2,23)24/h3-10H,11-13H2,1-2H3,(H,20,21). The van der Waals surface area contributed by atoms with Crippen molar-refractivity contribution < 1.29 is 27.5 Å². The van der Waals surface area contributed by atoms with Crippen LogP contribution in [0.25, 0.3) is 0 Å². The number of benzene rings is 2. The highest BCUT2D eigenvalue weighted by Crippen LogP contribution is 2.21. The lowest BCUT2D eigenvalue weighted by Crippen LogP contribution is -2.22. The van der Waals surface area contributed by atoms with E-state index in [1.54, 1.807) is 25.3 Å². The Morgan fingerprint density at radius 3 is 2.41 bits per heavy atom. The minimum Gasteiger partial charge on any atom is -0.496 e. The summed E-state index contributed by atoms with van der Waals surface area (Å²) in [5, 5.41) is 2.45. The average molecular weight is 391 g/mol. The van der Waals surface area contributed by atoms with Gasteiger partial charge < -0.3 is 14.8 Å². The number of carbonyl (C=O) groups excluding carboxylic acids is 2. The summed E-state index contributed by atoms with van der Waals surface area (Å²) in [5.41, 5.74) is 1.01. The van der Waals surface area contributed by atoms with Crippen molar-refractivity contribution in [1.29, 1.82) is 0 Å². The predicted molar refractivity (Wildman–Crippen MR) is 100 cm³/mol. The molecule has 2 aromatic carbocycles. The maximum Gasteiger partial charge on any atom is 0.306 e. The number of methoxy groups -OCH3 is 1. The number of esters is 1. The second kappa shape index (κ2) is 9.18. The van der Waals surface area contributed by atoms with Crippen LogP contribution in [0.5, 0.6) is 5.75 Å². The van der Waals surface area contributed by atoms with Gasteiger partial charge in [-0.2, -0.15) is 0 Å². The fourth-order valence-corrected chi connectivity index (χ4v) is 3.29. The molecule has 0 saturated heterocycles. The quantitative estimate of drug-likeness (QED) is 0.693. The summed E-state index contributed by atoms with van der Waals surface area (Å²) in [6.45, 7) is -0.497. The van der Waals surface area contributed by atoms with Crippen molar-refractivity contribution in [2.45, 2.75) is 17.7 Å². The smallest absolute Gasteiger partial charge is 0.306 e. The number of nitrogens with one attached hydrogen (secondary N) is 1. The Morgan fingerprint density at radius 2 is 1.70 bits per heavy atom. The summed E-state index contributed by atoms with van der Waals surface area (Å²) in [6.07, 6.45) is 1.56. The van der Waals surface area contributed by atoms with E-state index in [0.717, 1.165) is 11.8 Å². The van der Waals surface area contributed by atoms with E-state index >= 15 is 0 Å². The highest BCUT2D eigenvalue weighted by atomic mass is 32.2. The second-order valence-electron chi connectivity index (χ2n) is 5.79. The largest absolute Gasteiger partial charge is 0.496 e. The van der Waals surface area contributed by atoms with Gasteiger partial charge in [-0.3, -0.25) is 9.59 Å². The Kier molecular flexibility index (Phi) is 6.95. The minimum absolute atomic E-state index is 0.000786. The number of sulfone groups is 1. The SMILES string of the molecule is COc1ccccc1CCC(=O)OCC(=O)Nc1ccccc1S(C)(=O)=O. The van der Waals surface area contributed by atoms with Gasteiger partial charge in [-0.1, -0.05) is 30.3 Å². The fraction of sp³-hybridized carbons (Fsp3) is 0.263. The number of hydrogen-bond donors (Lipinski definition) is 1. The number of carbonyl (C=O) groups is 2. The molecule has 0 atom stereocenters. The van der Waals surface area contributed by atoms with Crippen LogP contribution in [0, 0.1) is 0 Å². The summed E-state index contributed by atoms with van der Waals surface area (Å²) < 4.78 is 33.6. The molecule has 2 rings (SSSR count). The first-order chi connectivity index (χ1) is 12.8. The van der Waals surface area contributed by atoms with Gasteiger partial charge in [-0.05, 0) is 30.2 Å². The molecule has 7 nitrogen and oxygen atoms in total. The number of hydrogen-bond acceptors (Lipinski definition) is 6. The van der Waals surface area contributed by atoms with Crippen molar-refractivity contribution in [2.75, 3.05) is 25.3 Å². The monoisotopic (exact) mass is 391 g/mol. The lowest BCUT2D eigenvalue weighted by Gasteiger charge is -2.10. The van der Waals surface area contributed by atoms with Crippen LogP contribution >= 0.6 is 0 Å². The van der Waals surface area contributed by atoms with Gasteiger partial charge >= 0.3 is 5.97 Å². The summed E-state index contributed by atoms with van der Waals surface area (Å²) in [7, 11) is -1.94. The van der Waals surface area contributed by atoms with Gasteiger partial charge in [-0.15, -0.1) is 0 Å². The van der Waals surface area contributed by atoms with Crippen molar-refractivity contribution in [3.05, 3.63) is 54.1 Å². The summed E-state index contributed by atoms with van der Waals surface area (Å²) in [6, 6.07) is 13.3. The van der Waals surface area contributed by atoms with Gasteiger partial charge in [0.2, 0.25) is 0 Å². The molecule has 0 aliphatic rings. The third-order valence-electron chi connectivity index (χ3n) is 3.72. The van der Waals surface area contributed by atoms with Crippen molar-refractivity contribution in [2.24, 2.45) is 0 Å². The van der Waals surface area contributed by atoms with Gasteiger partial charge in [0.05, 0.1) is 17.7 Å². The summed E-state index contributed by atoms with van der Waals surface area (Å²) in [5.74, 6) is -0.468. The van der Waals surface area contributed by atoms with E-state index in [9.17, 15) is 18.0 Å². The molecule has 0 bridgehead atoms. The Hall–Kier alpha value is -2.87. The Bertz CT molecular complexity index is 923. The molecule has 0 aliphatic heterocycles. The molecule has 0 fully saturated rings.